The van der Waals surface area contributed by atoms with Crippen LogP contribution >= 0.6 is 0 Å². The Morgan fingerprint density at radius 3 is 2.36 bits per heavy atom. The summed E-state index contributed by atoms with van der Waals surface area (Å²) in [6, 6.07) is 12.2. The van der Waals surface area contributed by atoms with Crippen LogP contribution < -0.4 is 0 Å². The molecule has 3 aromatic rings. The Labute approximate surface area is 188 Å². The van der Waals surface area contributed by atoms with Gasteiger partial charge in [-0.1, -0.05) is 24.3 Å². The Morgan fingerprint density at radius 1 is 1.09 bits per heavy atom. The molecule has 0 saturated heterocycles. The maximum absolute atomic E-state index is 13.5. The lowest BCUT2D eigenvalue weighted by Gasteiger charge is -2.28. The van der Waals surface area contributed by atoms with Gasteiger partial charge in [0.2, 0.25) is 10.0 Å². The number of fused-ring (bicyclic) bond motifs is 1. The van der Waals surface area contributed by atoms with Crippen molar-refractivity contribution >= 4 is 16.0 Å². The van der Waals surface area contributed by atoms with E-state index < -0.39 is 34.1 Å². The van der Waals surface area contributed by atoms with Gasteiger partial charge in [0, 0.05) is 32.5 Å². The lowest BCUT2D eigenvalue weighted by Crippen LogP contribution is -2.35. The number of halogens is 3. The molecule has 0 amide bonds. The Hall–Kier alpha value is -3.18. The zero-order chi connectivity index (χ0) is 23.8. The van der Waals surface area contributed by atoms with Crippen molar-refractivity contribution in [2.24, 2.45) is 7.05 Å². The molecule has 0 fully saturated rings. The summed E-state index contributed by atoms with van der Waals surface area (Å²) in [5, 5.41) is 0. The van der Waals surface area contributed by atoms with Crippen molar-refractivity contribution in [2.45, 2.75) is 30.1 Å². The second-order valence-corrected chi connectivity index (χ2v) is 9.54. The van der Waals surface area contributed by atoms with Crippen molar-refractivity contribution in [3.63, 3.8) is 0 Å². The molecule has 1 aromatic heterocycles. The van der Waals surface area contributed by atoms with E-state index in [1.54, 1.807) is 0 Å². The number of hydrogen-bond acceptors (Lipinski definition) is 5. The van der Waals surface area contributed by atoms with Crippen molar-refractivity contribution in [3.05, 3.63) is 83.4 Å². The SMILES string of the molecule is Cn1ccnc1[C@H](OC(=O)c1ccc(S(=O)(=O)N2CCc3ccccc3C2)cc1)C(F)(F)F. The standard InChI is InChI=1S/C22H20F3N3O4S/c1-27-13-11-26-20(27)19(22(23,24)25)32-21(29)16-6-8-18(9-7-16)33(30,31)28-12-10-15-4-2-3-5-17(15)14-28/h2-9,11,13,19H,10,12,14H2,1H3/t19-/m0/s1. The van der Waals surface area contributed by atoms with E-state index in [-0.39, 0.29) is 17.0 Å². The van der Waals surface area contributed by atoms with Gasteiger partial charge in [-0.15, -0.1) is 0 Å². The summed E-state index contributed by atoms with van der Waals surface area (Å²) in [5.41, 5.74) is 1.80. The average Bonchev–Trinajstić information content (AvgIpc) is 3.21. The summed E-state index contributed by atoms with van der Waals surface area (Å²) in [4.78, 5) is 16.0. The summed E-state index contributed by atoms with van der Waals surface area (Å²) in [5.74, 6) is -1.71. The van der Waals surface area contributed by atoms with Gasteiger partial charge in [-0.05, 0) is 41.8 Å². The van der Waals surface area contributed by atoms with Crippen LogP contribution in [0.2, 0.25) is 0 Å². The molecular formula is C22H20F3N3O4S. The molecular weight excluding hydrogens is 459 g/mol. The van der Waals surface area contributed by atoms with Crippen molar-refractivity contribution in [1.29, 1.82) is 0 Å². The van der Waals surface area contributed by atoms with Crippen molar-refractivity contribution in [1.82, 2.24) is 13.9 Å². The molecule has 0 radical (unpaired) electrons. The van der Waals surface area contributed by atoms with Crippen LogP contribution in [0.4, 0.5) is 13.2 Å². The molecule has 0 aliphatic carbocycles. The molecule has 4 rings (SSSR count). The predicted octanol–water partition coefficient (Wildman–Crippen LogP) is 3.63. The summed E-state index contributed by atoms with van der Waals surface area (Å²) in [7, 11) is -2.49. The van der Waals surface area contributed by atoms with E-state index in [0.717, 1.165) is 27.8 Å². The number of carbonyl (C=O) groups excluding carboxylic acids is 1. The minimum atomic E-state index is -4.87. The largest absolute Gasteiger partial charge is 0.441 e. The Kier molecular flexibility index (Phi) is 6.02. The Bertz CT molecular complexity index is 1270. The fourth-order valence-electron chi connectivity index (χ4n) is 3.66. The highest BCUT2D eigenvalue weighted by atomic mass is 32.2. The topological polar surface area (TPSA) is 81.5 Å². The molecule has 2 heterocycles. The van der Waals surface area contributed by atoms with E-state index in [0.29, 0.717) is 13.0 Å². The molecule has 7 nitrogen and oxygen atoms in total. The molecule has 11 heteroatoms. The Morgan fingerprint density at radius 2 is 1.76 bits per heavy atom. The van der Waals surface area contributed by atoms with Crippen LogP contribution in [0.1, 0.15) is 33.4 Å². The van der Waals surface area contributed by atoms with Gasteiger partial charge in [-0.3, -0.25) is 0 Å². The molecule has 0 N–H and O–H groups in total. The number of aromatic nitrogens is 2. The van der Waals surface area contributed by atoms with E-state index in [4.69, 9.17) is 4.74 Å². The molecule has 33 heavy (non-hydrogen) atoms. The quantitative estimate of drug-likeness (QED) is 0.522. The van der Waals surface area contributed by atoms with Gasteiger partial charge in [-0.2, -0.15) is 17.5 Å². The number of hydrogen-bond donors (Lipinski definition) is 0. The van der Waals surface area contributed by atoms with Crippen LogP contribution in [0.15, 0.2) is 65.8 Å². The molecule has 1 atom stereocenters. The van der Waals surface area contributed by atoms with E-state index in [9.17, 15) is 26.4 Å². The third kappa shape index (κ3) is 4.64. The van der Waals surface area contributed by atoms with E-state index >= 15 is 0 Å². The molecule has 2 aromatic carbocycles. The first-order chi connectivity index (χ1) is 15.6. The third-order valence-corrected chi connectivity index (χ3v) is 7.30. The Balaban J connectivity index is 1.52. The van der Waals surface area contributed by atoms with Crippen LogP contribution in [0, 0.1) is 0 Å². The highest BCUT2D eigenvalue weighted by molar-refractivity contribution is 7.89. The van der Waals surface area contributed by atoms with Crippen LogP contribution in [0.3, 0.4) is 0 Å². The minimum absolute atomic E-state index is 0.0603. The van der Waals surface area contributed by atoms with Crippen LogP contribution in [0.25, 0.3) is 0 Å². The highest BCUT2D eigenvalue weighted by Gasteiger charge is 2.46. The number of nitrogens with zero attached hydrogens (tertiary/aromatic N) is 3. The summed E-state index contributed by atoms with van der Waals surface area (Å²) in [6.07, 6.45) is -4.38. The van der Waals surface area contributed by atoms with Gasteiger partial charge in [0.15, 0.2) is 5.82 Å². The fourth-order valence-corrected chi connectivity index (χ4v) is 5.08. The van der Waals surface area contributed by atoms with Gasteiger partial charge < -0.3 is 9.30 Å². The third-order valence-electron chi connectivity index (χ3n) is 5.44. The lowest BCUT2D eigenvalue weighted by atomic mass is 10.0. The number of sulfonamides is 1. The normalized spacial score (nSPS) is 15.6. The molecule has 0 unspecified atom stereocenters. The predicted molar refractivity (Wildman–Crippen MR) is 112 cm³/mol. The molecule has 1 aliphatic rings. The zero-order valence-electron chi connectivity index (χ0n) is 17.5. The van der Waals surface area contributed by atoms with Gasteiger partial charge >= 0.3 is 12.1 Å². The number of aryl methyl sites for hydroxylation is 1. The summed E-state index contributed by atoms with van der Waals surface area (Å²) < 4.78 is 73.6. The van der Waals surface area contributed by atoms with Crippen LogP contribution in [0.5, 0.6) is 0 Å². The van der Waals surface area contributed by atoms with Gasteiger partial charge in [0.1, 0.15) is 0 Å². The van der Waals surface area contributed by atoms with Crippen molar-refractivity contribution in [2.75, 3.05) is 6.54 Å². The van der Waals surface area contributed by atoms with Gasteiger partial charge in [-0.25, -0.2) is 18.2 Å². The number of carbonyl (C=O) groups is 1. The monoisotopic (exact) mass is 479 g/mol. The first kappa shape index (κ1) is 23.0. The van der Waals surface area contributed by atoms with Gasteiger partial charge in [0.25, 0.3) is 6.10 Å². The van der Waals surface area contributed by atoms with Crippen LogP contribution in [-0.2, 0) is 34.8 Å². The summed E-state index contributed by atoms with van der Waals surface area (Å²) >= 11 is 0. The second-order valence-electron chi connectivity index (χ2n) is 7.60. The van der Waals surface area contributed by atoms with Crippen LogP contribution in [-0.4, -0.2) is 41.0 Å². The number of alkyl halides is 3. The molecule has 174 valence electrons. The number of esters is 1. The second kappa shape index (κ2) is 8.64. The van der Waals surface area contributed by atoms with E-state index in [1.165, 1.54) is 35.9 Å². The molecule has 1 aliphatic heterocycles. The molecule has 0 bridgehead atoms. The zero-order valence-corrected chi connectivity index (χ0v) is 18.3. The maximum atomic E-state index is 13.5. The summed E-state index contributed by atoms with van der Waals surface area (Å²) in [6.45, 7) is 0.527. The smallest absolute Gasteiger partial charge is 0.432 e. The van der Waals surface area contributed by atoms with Crippen molar-refractivity contribution < 1.29 is 31.1 Å². The van der Waals surface area contributed by atoms with Crippen molar-refractivity contribution in [3.8, 4) is 0 Å². The maximum Gasteiger partial charge on any atom is 0.432 e. The fraction of sp³-hybridized carbons (Fsp3) is 0.273. The van der Waals surface area contributed by atoms with Gasteiger partial charge in [0.05, 0.1) is 10.5 Å². The average molecular weight is 479 g/mol. The number of benzene rings is 2. The van der Waals surface area contributed by atoms with E-state index in [2.05, 4.69) is 4.98 Å². The number of ether oxygens (including phenoxy) is 1. The van der Waals surface area contributed by atoms with E-state index in [1.807, 2.05) is 24.3 Å². The molecule has 0 saturated carbocycles. The first-order valence-corrected chi connectivity index (χ1v) is 11.4. The highest BCUT2D eigenvalue weighted by Crippen LogP contribution is 2.35. The number of rotatable bonds is 5. The molecule has 0 spiro atoms. The number of imidazole rings is 1. The minimum Gasteiger partial charge on any atom is -0.441 e. The first-order valence-electron chi connectivity index (χ1n) is 9.99. The lowest BCUT2D eigenvalue weighted by molar-refractivity contribution is -0.210.